The Morgan fingerprint density at radius 2 is 1.91 bits per heavy atom. The maximum Gasteiger partial charge on any atom is 0.317 e. The summed E-state index contributed by atoms with van der Waals surface area (Å²) in [6, 6.07) is 0.294. The lowest BCUT2D eigenvalue weighted by molar-refractivity contribution is -0.137. The van der Waals surface area contributed by atoms with Crippen LogP contribution in [0.4, 0.5) is 4.79 Å². The third-order valence-electron chi connectivity index (χ3n) is 4.82. The molecule has 23 heavy (non-hydrogen) atoms. The largest absolute Gasteiger partial charge is 0.338 e. The number of hydrogen-bond donors (Lipinski definition) is 2. The van der Waals surface area contributed by atoms with Gasteiger partial charge in [0.05, 0.1) is 5.92 Å². The predicted molar refractivity (Wildman–Crippen MR) is 91.2 cm³/mol. The number of carbonyl (C=O) groups is 2. The molecule has 6 heteroatoms. The average molecular weight is 324 g/mol. The summed E-state index contributed by atoms with van der Waals surface area (Å²) in [4.78, 5) is 29.0. The van der Waals surface area contributed by atoms with Gasteiger partial charge in [-0.1, -0.05) is 13.8 Å². The molecule has 0 saturated carbocycles. The summed E-state index contributed by atoms with van der Waals surface area (Å²) in [7, 11) is 1.93. The maximum absolute atomic E-state index is 12.9. The molecule has 0 bridgehead atoms. The summed E-state index contributed by atoms with van der Waals surface area (Å²) in [6.45, 7) is 7.89. The fraction of sp³-hybridized carbons (Fsp3) is 0.882. The number of piperidine rings is 1. The summed E-state index contributed by atoms with van der Waals surface area (Å²) >= 11 is 0. The Kier molecular flexibility index (Phi) is 6.69. The van der Waals surface area contributed by atoms with Crippen molar-refractivity contribution in [3.63, 3.8) is 0 Å². The van der Waals surface area contributed by atoms with Crippen LogP contribution in [-0.2, 0) is 4.79 Å². The number of urea groups is 1. The summed E-state index contributed by atoms with van der Waals surface area (Å²) in [5.74, 6) is 0.642. The highest BCUT2D eigenvalue weighted by Crippen LogP contribution is 2.24. The lowest BCUT2D eigenvalue weighted by Crippen LogP contribution is -2.51. The molecule has 132 valence electrons. The van der Waals surface area contributed by atoms with Crippen molar-refractivity contribution in [3.8, 4) is 0 Å². The number of nitrogens with one attached hydrogen (secondary N) is 2. The zero-order valence-electron chi connectivity index (χ0n) is 14.8. The monoisotopic (exact) mass is 324 g/mol. The van der Waals surface area contributed by atoms with Crippen molar-refractivity contribution in [2.24, 2.45) is 11.8 Å². The Hall–Kier alpha value is -1.30. The molecule has 3 amide bonds. The third kappa shape index (κ3) is 4.83. The average Bonchev–Trinajstić information content (AvgIpc) is 3.00. The van der Waals surface area contributed by atoms with Crippen LogP contribution in [0.15, 0.2) is 0 Å². The van der Waals surface area contributed by atoms with Gasteiger partial charge in [0.2, 0.25) is 5.91 Å². The number of carbonyl (C=O) groups excluding carboxylic acids is 2. The molecule has 2 rings (SSSR count). The van der Waals surface area contributed by atoms with Crippen LogP contribution in [0.3, 0.4) is 0 Å². The van der Waals surface area contributed by atoms with Gasteiger partial charge in [-0.15, -0.1) is 0 Å². The van der Waals surface area contributed by atoms with Crippen LogP contribution in [0, 0.1) is 11.8 Å². The van der Waals surface area contributed by atoms with E-state index in [4.69, 9.17) is 0 Å². The molecule has 2 heterocycles. The molecular formula is C17H32N4O2. The molecule has 0 aromatic carbocycles. The van der Waals surface area contributed by atoms with Crippen LogP contribution in [0.25, 0.3) is 0 Å². The fourth-order valence-corrected chi connectivity index (χ4v) is 3.57. The molecular weight excluding hydrogens is 292 g/mol. The number of nitrogens with zero attached hydrogens (tertiary/aromatic N) is 2. The van der Waals surface area contributed by atoms with Gasteiger partial charge in [0, 0.05) is 38.8 Å². The van der Waals surface area contributed by atoms with E-state index < -0.39 is 0 Å². The summed E-state index contributed by atoms with van der Waals surface area (Å²) in [5, 5.41) is 6.15. The van der Waals surface area contributed by atoms with Gasteiger partial charge in [-0.2, -0.15) is 0 Å². The molecule has 0 aliphatic carbocycles. The van der Waals surface area contributed by atoms with E-state index in [9.17, 15) is 9.59 Å². The maximum atomic E-state index is 12.9. The molecule has 2 aliphatic heterocycles. The number of amides is 3. The molecule has 6 nitrogen and oxygen atoms in total. The van der Waals surface area contributed by atoms with E-state index in [1.165, 1.54) is 0 Å². The SMILES string of the molecule is CNCC1CCCN1C(=O)C1CCCN(C(=O)NCC(C)C)C1. The van der Waals surface area contributed by atoms with E-state index in [0.29, 0.717) is 25.0 Å². The number of likely N-dealkylation sites (tertiary alicyclic amines) is 2. The minimum atomic E-state index is -0.0361. The lowest BCUT2D eigenvalue weighted by Gasteiger charge is -2.35. The second kappa shape index (κ2) is 8.52. The van der Waals surface area contributed by atoms with Crippen LogP contribution >= 0.6 is 0 Å². The van der Waals surface area contributed by atoms with Gasteiger partial charge in [-0.05, 0) is 38.6 Å². The van der Waals surface area contributed by atoms with Crippen molar-refractivity contribution in [2.75, 3.05) is 39.8 Å². The fourth-order valence-electron chi connectivity index (χ4n) is 3.57. The van der Waals surface area contributed by atoms with Gasteiger partial charge in [0.25, 0.3) is 0 Å². The Morgan fingerprint density at radius 3 is 2.61 bits per heavy atom. The summed E-state index contributed by atoms with van der Waals surface area (Å²) in [6.07, 6.45) is 3.98. The van der Waals surface area contributed by atoms with Gasteiger partial charge < -0.3 is 20.4 Å². The summed E-state index contributed by atoms with van der Waals surface area (Å²) in [5.41, 5.74) is 0. The van der Waals surface area contributed by atoms with E-state index in [-0.39, 0.29) is 17.9 Å². The van der Waals surface area contributed by atoms with Gasteiger partial charge in [-0.25, -0.2) is 4.79 Å². The minimum absolute atomic E-state index is 0.0237. The molecule has 2 N–H and O–H groups in total. The normalized spacial score (nSPS) is 25.0. The molecule has 0 radical (unpaired) electrons. The van der Waals surface area contributed by atoms with Crippen LogP contribution in [0.5, 0.6) is 0 Å². The molecule has 0 aromatic rings. The number of rotatable bonds is 5. The number of likely N-dealkylation sites (N-methyl/N-ethyl adjacent to an activating group) is 1. The third-order valence-corrected chi connectivity index (χ3v) is 4.82. The Bertz CT molecular complexity index is 413. The predicted octanol–water partition coefficient (Wildman–Crippen LogP) is 1.27. The Balaban J connectivity index is 1.89. The molecule has 2 saturated heterocycles. The molecule has 2 atom stereocenters. The highest BCUT2D eigenvalue weighted by Gasteiger charge is 2.35. The molecule has 2 aliphatic rings. The van der Waals surface area contributed by atoms with Gasteiger partial charge >= 0.3 is 6.03 Å². The molecule has 0 aromatic heterocycles. The second-order valence-electron chi connectivity index (χ2n) is 7.25. The zero-order valence-corrected chi connectivity index (χ0v) is 14.8. The van der Waals surface area contributed by atoms with Crippen molar-refractivity contribution in [3.05, 3.63) is 0 Å². The van der Waals surface area contributed by atoms with Crippen molar-refractivity contribution < 1.29 is 9.59 Å². The first-order valence-electron chi connectivity index (χ1n) is 9.00. The van der Waals surface area contributed by atoms with Gasteiger partial charge in [-0.3, -0.25) is 4.79 Å². The topological polar surface area (TPSA) is 64.7 Å². The Labute approximate surface area is 140 Å². The molecule has 0 spiro atoms. The van der Waals surface area contributed by atoms with Gasteiger partial charge in [0.15, 0.2) is 0 Å². The standard InChI is InChI=1S/C17H32N4O2/c1-13(2)10-19-17(23)20-8-4-6-14(12-20)16(22)21-9-5-7-15(21)11-18-3/h13-15,18H,4-12H2,1-3H3,(H,19,23). The highest BCUT2D eigenvalue weighted by atomic mass is 16.2. The van der Waals surface area contributed by atoms with E-state index in [1.807, 2.05) is 16.8 Å². The number of hydrogen-bond acceptors (Lipinski definition) is 3. The van der Waals surface area contributed by atoms with Crippen LogP contribution in [0.1, 0.15) is 39.5 Å². The smallest absolute Gasteiger partial charge is 0.317 e. The lowest BCUT2D eigenvalue weighted by atomic mass is 9.96. The highest BCUT2D eigenvalue weighted by molar-refractivity contribution is 5.81. The quantitative estimate of drug-likeness (QED) is 0.800. The van der Waals surface area contributed by atoms with Crippen molar-refractivity contribution in [1.29, 1.82) is 0 Å². The first-order valence-corrected chi connectivity index (χ1v) is 9.00. The van der Waals surface area contributed by atoms with Crippen LogP contribution < -0.4 is 10.6 Å². The van der Waals surface area contributed by atoms with Crippen LogP contribution in [0.2, 0.25) is 0 Å². The minimum Gasteiger partial charge on any atom is -0.338 e. The second-order valence-corrected chi connectivity index (χ2v) is 7.25. The molecule has 2 fully saturated rings. The van der Waals surface area contributed by atoms with E-state index >= 15 is 0 Å². The van der Waals surface area contributed by atoms with E-state index in [2.05, 4.69) is 24.5 Å². The van der Waals surface area contributed by atoms with Crippen molar-refractivity contribution in [1.82, 2.24) is 20.4 Å². The van der Waals surface area contributed by atoms with Crippen LogP contribution in [-0.4, -0.2) is 67.6 Å². The Morgan fingerprint density at radius 1 is 1.17 bits per heavy atom. The summed E-state index contributed by atoms with van der Waals surface area (Å²) < 4.78 is 0. The van der Waals surface area contributed by atoms with Gasteiger partial charge in [0.1, 0.15) is 0 Å². The molecule has 2 unspecified atom stereocenters. The van der Waals surface area contributed by atoms with E-state index in [1.54, 1.807) is 0 Å². The zero-order chi connectivity index (χ0) is 16.8. The van der Waals surface area contributed by atoms with E-state index in [0.717, 1.165) is 45.3 Å². The van der Waals surface area contributed by atoms with Crippen molar-refractivity contribution >= 4 is 11.9 Å². The first kappa shape index (κ1) is 18.0. The van der Waals surface area contributed by atoms with Crippen molar-refractivity contribution in [2.45, 2.75) is 45.6 Å². The first-order chi connectivity index (χ1) is 11.0.